The minimum atomic E-state index is -0.720. The van der Waals surface area contributed by atoms with E-state index in [1.54, 1.807) is 12.1 Å². The summed E-state index contributed by atoms with van der Waals surface area (Å²) >= 11 is 0. The molecule has 1 unspecified atom stereocenters. The van der Waals surface area contributed by atoms with E-state index in [0.717, 1.165) is 6.42 Å². The number of methoxy groups -OCH3 is 1. The summed E-state index contributed by atoms with van der Waals surface area (Å²) in [5.41, 5.74) is 1.74. The fourth-order valence-electron chi connectivity index (χ4n) is 1.89. The molecule has 0 aromatic heterocycles. The van der Waals surface area contributed by atoms with Gasteiger partial charge in [0.1, 0.15) is 5.92 Å². The first kappa shape index (κ1) is 14.4. The Morgan fingerprint density at radius 2 is 1.72 bits per heavy atom. The van der Waals surface area contributed by atoms with E-state index in [9.17, 15) is 9.59 Å². The third kappa shape index (κ3) is 3.19. The lowest BCUT2D eigenvalue weighted by Crippen LogP contribution is -2.30. The summed E-state index contributed by atoms with van der Waals surface area (Å²) in [7, 11) is 1.31. The summed E-state index contributed by atoms with van der Waals surface area (Å²) in [4.78, 5) is 23.9. The summed E-state index contributed by atoms with van der Waals surface area (Å²) < 4.78 is 4.70. The van der Waals surface area contributed by atoms with Gasteiger partial charge in [-0.15, -0.1) is 0 Å². The van der Waals surface area contributed by atoms with Crippen molar-refractivity contribution in [3.8, 4) is 0 Å². The highest BCUT2D eigenvalue weighted by Gasteiger charge is 2.31. The third-order valence-electron chi connectivity index (χ3n) is 3.05. The molecule has 0 saturated carbocycles. The number of benzene rings is 1. The molecule has 1 rings (SSSR count). The summed E-state index contributed by atoms with van der Waals surface area (Å²) in [6.07, 6.45) is 0.930. The number of carbonyl (C=O) groups excluding carboxylic acids is 2. The maximum Gasteiger partial charge on any atom is 0.316 e. The zero-order valence-corrected chi connectivity index (χ0v) is 11.4. The number of Topliss-reactive ketones (excluding diaryl/α,β-unsaturated/α-hetero) is 1. The van der Waals surface area contributed by atoms with Gasteiger partial charge in [0.25, 0.3) is 0 Å². The molecular weight excluding hydrogens is 228 g/mol. The van der Waals surface area contributed by atoms with Gasteiger partial charge in [0.15, 0.2) is 5.78 Å². The molecule has 0 aliphatic carbocycles. The molecular formula is C15H20O3. The third-order valence-corrected chi connectivity index (χ3v) is 3.05. The van der Waals surface area contributed by atoms with E-state index in [1.807, 2.05) is 26.0 Å². The van der Waals surface area contributed by atoms with Crippen LogP contribution in [0.2, 0.25) is 0 Å². The van der Waals surface area contributed by atoms with Gasteiger partial charge in [0.05, 0.1) is 7.11 Å². The van der Waals surface area contributed by atoms with Gasteiger partial charge in [0, 0.05) is 5.56 Å². The van der Waals surface area contributed by atoms with E-state index in [4.69, 9.17) is 4.74 Å². The van der Waals surface area contributed by atoms with Crippen molar-refractivity contribution < 1.29 is 14.3 Å². The van der Waals surface area contributed by atoms with Crippen molar-refractivity contribution in [1.82, 2.24) is 0 Å². The van der Waals surface area contributed by atoms with E-state index >= 15 is 0 Å². The van der Waals surface area contributed by atoms with Crippen LogP contribution in [0.3, 0.4) is 0 Å². The van der Waals surface area contributed by atoms with Crippen LogP contribution in [0.4, 0.5) is 0 Å². The molecule has 0 bridgehead atoms. The number of esters is 1. The van der Waals surface area contributed by atoms with E-state index in [0.29, 0.717) is 5.56 Å². The Labute approximate surface area is 108 Å². The van der Waals surface area contributed by atoms with Crippen LogP contribution in [0.5, 0.6) is 0 Å². The number of hydrogen-bond donors (Lipinski definition) is 0. The second-order valence-electron chi connectivity index (χ2n) is 4.66. The summed E-state index contributed by atoms with van der Waals surface area (Å²) in [5.74, 6) is -1.42. The fraction of sp³-hybridized carbons (Fsp3) is 0.467. The lowest BCUT2D eigenvalue weighted by atomic mass is 9.87. The Bertz CT molecular complexity index is 418. The van der Waals surface area contributed by atoms with Gasteiger partial charge in [0.2, 0.25) is 0 Å². The number of hydrogen-bond acceptors (Lipinski definition) is 3. The number of ether oxygens (including phenoxy) is 1. The summed E-state index contributed by atoms with van der Waals surface area (Å²) in [6, 6.07) is 7.39. The van der Waals surface area contributed by atoms with Crippen molar-refractivity contribution in [2.24, 2.45) is 11.8 Å². The van der Waals surface area contributed by atoms with Gasteiger partial charge in [-0.3, -0.25) is 9.59 Å². The second kappa shape index (κ2) is 6.34. The molecule has 0 N–H and O–H groups in total. The zero-order valence-electron chi connectivity index (χ0n) is 11.4. The van der Waals surface area contributed by atoms with Crippen molar-refractivity contribution in [2.45, 2.75) is 27.2 Å². The minimum absolute atomic E-state index is 0.0733. The molecule has 1 atom stereocenters. The predicted molar refractivity (Wildman–Crippen MR) is 70.5 cm³/mol. The molecule has 0 saturated heterocycles. The van der Waals surface area contributed by atoms with Gasteiger partial charge in [-0.2, -0.15) is 0 Å². The Morgan fingerprint density at radius 3 is 2.11 bits per heavy atom. The zero-order chi connectivity index (χ0) is 13.7. The van der Waals surface area contributed by atoms with Gasteiger partial charge >= 0.3 is 5.97 Å². The molecule has 1 aromatic carbocycles. The van der Waals surface area contributed by atoms with E-state index in [1.165, 1.54) is 12.7 Å². The molecule has 0 aliphatic heterocycles. The van der Waals surface area contributed by atoms with Crippen molar-refractivity contribution in [2.75, 3.05) is 7.11 Å². The molecule has 0 fully saturated rings. The SMILES string of the molecule is CCc1ccc(C(=O)C(C(=O)OC)C(C)C)cc1. The van der Waals surface area contributed by atoms with Crippen LogP contribution in [-0.4, -0.2) is 18.9 Å². The summed E-state index contributed by atoms with van der Waals surface area (Å²) in [5, 5.41) is 0. The maximum absolute atomic E-state index is 12.3. The monoisotopic (exact) mass is 248 g/mol. The number of carbonyl (C=O) groups is 2. The van der Waals surface area contributed by atoms with Crippen molar-refractivity contribution in [1.29, 1.82) is 0 Å². The van der Waals surface area contributed by atoms with Crippen LogP contribution in [0.1, 0.15) is 36.7 Å². The van der Waals surface area contributed by atoms with Crippen molar-refractivity contribution >= 4 is 11.8 Å². The molecule has 18 heavy (non-hydrogen) atoms. The Morgan fingerprint density at radius 1 is 1.17 bits per heavy atom. The average Bonchev–Trinajstić information content (AvgIpc) is 2.38. The first-order chi connectivity index (χ1) is 8.51. The highest BCUT2D eigenvalue weighted by atomic mass is 16.5. The topological polar surface area (TPSA) is 43.4 Å². The Hall–Kier alpha value is -1.64. The van der Waals surface area contributed by atoms with Crippen molar-refractivity contribution in [3.05, 3.63) is 35.4 Å². The van der Waals surface area contributed by atoms with Crippen LogP contribution in [0, 0.1) is 11.8 Å². The summed E-state index contributed by atoms with van der Waals surface area (Å²) in [6.45, 7) is 5.75. The predicted octanol–water partition coefficient (Wildman–Crippen LogP) is 2.88. The molecule has 0 aliphatic rings. The highest BCUT2D eigenvalue weighted by molar-refractivity contribution is 6.08. The van der Waals surface area contributed by atoms with Gasteiger partial charge in [-0.1, -0.05) is 45.0 Å². The first-order valence-electron chi connectivity index (χ1n) is 6.22. The molecule has 0 heterocycles. The number of rotatable bonds is 5. The van der Waals surface area contributed by atoms with Crippen LogP contribution in [0.15, 0.2) is 24.3 Å². The van der Waals surface area contributed by atoms with Crippen LogP contribution >= 0.6 is 0 Å². The molecule has 0 amide bonds. The smallest absolute Gasteiger partial charge is 0.316 e. The van der Waals surface area contributed by atoms with Crippen molar-refractivity contribution in [3.63, 3.8) is 0 Å². The van der Waals surface area contributed by atoms with Crippen LogP contribution in [0.25, 0.3) is 0 Å². The molecule has 1 aromatic rings. The molecule has 3 heteroatoms. The molecule has 0 spiro atoms. The lowest BCUT2D eigenvalue weighted by molar-refractivity contribution is -0.144. The van der Waals surface area contributed by atoms with Gasteiger partial charge in [-0.25, -0.2) is 0 Å². The number of ketones is 1. The Kier molecular flexibility index (Phi) is 5.08. The Balaban J connectivity index is 2.98. The van der Waals surface area contributed by atoms with Crippen LogP contribution in [-0.2, 0) is 16.0 Å². The quantitative estimate of drug-likeness (QED) is 0.457. The van der Waals surface area contributed by atoms with Gasteiger partial charge < -0.3 is 4.74 Å². The van der Waals surface area contributed by atoms with E-state index in [2.05, 4.69) is 6.92 Å². The van der Waals surface area contributed by atoms with Gasteiger partial charge in [-0.05, 0) is 17.9 Å². The molecule has 3 nitrogen and oxygen atoms in total. The van der Waals surface area contributed by atoms with E-state index < -0.39 is 11.9 Å². The maximum atomic E-state index is 12.3. The second-order valence-corrected chi connectivity index (χ2v) is 4.66. The standard InChI is InChI=1S/C15H20O3/c1-5-11-6-8-12(9-7-11)14(16)13(10(2)3)15(17)18-4/h6-10,13H,5H2,1-4H3. The average molecular weight is 248 g/mol. The van der Waals surface area contributed by atoms with E-state index in [-0.39, 0.29) is 11.7 Å². The number of aryl methyl sites for hydroxylation is 1. The normalized spacial score (nSPS) is 12.3. The largest absolute Gasteiger partial charge is 0.468 e. The first-order valence-corrected chi connectivity index (χ1v) is 6.22. The van der Waals surface area contributed by atoms with Crippen LogP contribution < -0.4 is 0 Å². The highest BCUT2D eigenvalue weighted by Crippen LogP contribution is 2.19. The minimum Gasteiger partial charge on any atom is -0.468 e. The fourth-order valence-corrected chi connectivity index (χ4v) is 1.89. The lowest BCUT2D eigenvalue weighted by Gasteiger charge is -2.17. The molecule has 98 valence electrons. The molecule has 0 radical (unpaired) electrons.